The van der Waals surface area contributed by atoms with Gasteiger partial charge in [0.25, 0.3) is 5.91 Å². The maximum atomic E-state index is 12.9. The van der Waals surface area contributed by atoms with Crippen molar-refractivity contribution in [2.24, 2.45) is 11.8 Å². The predicted molar refractivity (Wildman–Crippen MR) is 103 cm³/mol. The van der Waals surface area contributed by atoms with Crippen LogP contribution in [0.1, 0.15) is 46.9 Å². The van der Waals surface area contributed by atoms with E-state index in [2.05, 4.69) is 5.10 Å². The van der Waals surface area contributed by atoms with Crippen molar-refractivity contribution in [1.82, 2.24) is 19.2 Å². The molecule has 146 valence electrons. The molecule has 1 aromatic heterocycles. The van der Waals surface area contributed by atoms with Gasteiger partial charge in [-0.25, -0.2) is 4.68 Å². The van der Waals surface area contributed by atoms with Crippen molar-refractivity contribution in [2.75, 3.05) is 13.1 Å². The van der Waals surface area contributed by atoms with Gasteiger partial charge in [0, 0.05) is 43.6 Å². The molecular formula is C21H24N4O3. The van der Waals surface area contributed by atoms with Crippen LogP contribution in [0.3, 0.4) is 0 Å². The molecule has 1 aliphatic carbocycles. The Bertz CT molecular complexity index is 1050. The molecule has 1 amide bonds. The molecule has 2 aromatic rings. The van der Waals surface area contributed by atoms with Crippen molar-refractivity contribution in [3.8, 4) is 0 Å². The highest BCUT2D eigenvalue weighted by Crippen LogP contribution is 2.37. The second kappa shape index (κ2) is 6.43. The molecule has 1 saturated heterocycles. The van der Waals surface area contributed by atoms with E-state index in [4.69, 9.17) is 0 Å². The molecule has 3 aliphatic rings. The molecule has 2 atom stereocenters. The standard InChI is InChI=1S/C21H24N4O3/c1-13-5-7-15(8-6-13)19(26)23-10-16-11-24-18(17(16)12-23)22-25(21(28)20(24)27)9-14-3-2-4-14/h5-8,14,16-17H,2-4,9-12H2,1H3/t16-,17+/m1/s1. The summed E-state index contributed by atoms with van der Waals surface area (Å²) in [6.45, 7) is 4.15. The summed E-state index contributed by atoms with van der Waals surface area (Å²) in [6, 6.07) is 7.61. The van der Waals surface area contributed by atoms with Gasteiger partial charge in [-0.05, 0) is 37.8 Å². The molecule has 0 unspecified atom stereocenters. The number of hydrogen-bond acceptors (Lipinski definition) is 4. The van der Waals surface area contributed by atoms with Crippen LogP contribution < -0.4 is 11.1 Å². The lowest BCUT2D eigenvalue weighted by Crippen LogP contribution is -2.45. The fourth-order valence-corrected chi connectivity index (χ4v) is 4.68. The molecule has 1 aromatic carbocycles. The van der Waals surface area contributed by atoms with E-state index in [1.54, 1.807) is 4.57 Å². The third-order valence-corrected chi connectivity index (χ3v) is 6.59. The minimum Gasteiger partial charge on any atom is -0.338 e. The number of likely N-dealkylation sites (tertiary alicyclic amines) is 1. The molecule has 28 heavy (non-hydrogen) atoms. The molecule has 0 bridgehead atoms. The summed E-state index contributed by atoms with van der Waals surface area (Å²) in [5.41, 5.74) is 0.834. The first-order valence-electron chi connectivity index (χ1n) is 10.1. The van der Waals surface area contributed by atoms with Crippen molar-refractivity contribution in [2.45, 2.75) is 45.2 Å². The highest BCUT2D eigenvalue weighted by Gasteiger charge is 2.44. The number of nitrogens with zero attached hydrogens (tertiary/aromatic N) is 4. The molecule has 7 heteroatoms. The molecule has 2 aliphatic heterocycles. The zero-order valence-electron chi connectivity index (χ0n) is 16.0. The molecule has 0 spiro atoms. The fraction of sp³-hybridized carbons (Fsp3) is 0.524. The number of carbonyl (C=O) groups is 1. The molecule has 5 rings (SSSR count). The van der Waals surface area contributed by atoms with E-state index < -0.39 is 11.1 Å². The van der Waals surface area contributed by atoms with Crippen molar-refractivity contribution >= 4 is 5.91 Å². The Morgan fingerprint density at radius 1 is 1.07 bits per heavy atom. The largest absolute Gasteiger partial charge is 0.338 e. The predicted octanol–water partition coefficient (Wildman–Crippen LogP) is 1.38. The fourth-order valence-electron chi connectivity index (χ4n) is 4.68. The Balaban J connectivity index is 1.41. The maximum Gasteiger partial charge on any atom is 0.332 e. The molecule has 7 nitrogen and oxygen atoms in total. The van der Waals surface area contributed by atoms with Crippen molar-refractivity contribution < 1.29 is 4.79 Å². The Kier molecular flexibility index (Phi) is 4.00. The number of hydrogen-bond donors (Lipinski definition) is 0. The van der Waals surface area contributed by atoms with Crippen LogP contribution in [-0.4, -0.2) is 38.2 Å². The summed E-state index contributed by atoms with van der Waals surface area (Å²) in [5, 5.41) is 4.59. The summed E-state index contributed by atoms with van der Waals surface area (Å²) in [7, 11) is 0. The van der Waals surface area contributed by atoms with E-state index >= 15 is 0 Å². The molecule has 0 N–H and O–H groups in total. The molecule has 1 saturated carbocycles. The van der Waals surface area contributed by atoms with Crippen LogP contribution in [0.25, 0.3) is 0 Å². The lowest BCUT2D eigenvalue weighted by Gasteiger charge is -2.25. The summed E-state index contributed by atoms with van der Waals surface area (Å²) < 4.78 is 2.92. The summed E-state index contributed by atoms with van der Waals surface area (Å²) in [5.74, 6) is 1.32. The van der Waals surface area contributed by atoms with Gasteiger partial charge in [0.1, 0.15) is 5.82 Å². The molecule has 3 heterocycles. The average molecular weight is 380 g/mol. The topological polar surface area (TPSA) is 77.2 Å². The zero-order chi connectivity index (χ0) is 19.4. The Morgan fingerprint density at radius 3 is 2.50 bits per heavy atom. The van der Waals surface area contributed by atoms with Gasteiger partial charge in [0.05, 0.1) is 0 Å². The van der Waals surface area contributed by atoms with E-state index in [1.165, 1.54) is 11.1 Å². The maximum absolute atomic E-state index is 12.9. The van der Waals surface area contributed by atoms with Gasteiger partial charge in [-0.3, -0.25) is 19.0 Å². The third kappa shape index (κ3) is 2.72. The molecule has 0 radical (unpaired) electrons. The highest BCUT2D eigenvalue weighted by atomic mass is 16.2. The van der Waals surface area contributed by atoms with Crippen LogP contribution in [0.2, 0.25) is 0 Å². The number of carbonyl (C=O) groups excluding carboxylic acids is 1. The monoisotopic (exact) mass is 380 g/mol. The number of benzene rings is 1. The average Bonchev–Trinajstić information content (AvgIpc) is 3.21. The number of aromatic nitrogens is 3. The van der Waals surface area contributed by atoms with Gasteiger partial charge in [-0.2, -0.15) is 5.10 Å². The Morgan fingerprint density at radius 2 is 1.82 bits per heavy atom. The van der Waals surface area contributed by atoms with Gasteiger partial charge in [-0.15, -0.1) is 0 Å². The lowest BCUT2D eigenvalue weighted by molar-refractivity contribution is 0.0783. The second-order valence-corrected chi connectivity index (χ2v) is 8.50. The second-order valence-electron chi connectivity index (χ2n) is 8.50. The molecule has 2 fully saturated rings. The third-order valence-electron chi connectivity index (χ3n) is 6.59. The SMILES string of the molecule is Cc1ccc(C(=O)N2C[C@@H]3Cn4c(nn(CC5CCC5)c(=O)c4=O)[C@H]3C2)cc1. The summed E-state index contributed by atoms with van der Waals surface area (Å²) in [6.07, 6.45) is 3.37. The van der Waals surface area contributed by atoms with Crippen LogP contribution in [0.15, 0.2) is 33.9 Å². The molecular weight excluding hydrogens is 356 g/mol. The zero-order valence-corrected chi connectivity index (χ0v) is 16.0. The number of aryl methyl sites for hydroxylation is 1. The van der Waals surface area contributed by atoms with Gasteiger partial charge < -0.3 is 4.90 Å². The van der Waals surface area contributed by atoms with Crippen LogP contribution in [0, 0.1) is 18.8 Å². The van der Waals surface area contributed by atoms with E-state index in [-0.39, 0.29) is 17.7 Å². The minimum absolute atomic E-state index is 0.0195. The number of rotatable bonds is 3. The van der Waals surface area contributed by atoms with Crippen LogP contribution >= 0.6 is 0 Å². The Hall–Kier alpha value is -2.70. The first-order chi connectivity index (χ1) is 13.5. The lowest BCUT2D eigenvalue weighted by atomic mass is 9.85. The van der Waals surface area contributed by atoms with E-state index in [0.29, 0.717) is 43.5 Å². The van der Waals surface area contributed by atoms with Gasteiger partial charge in [0.2, 0.25) is 0 Å². The van der Waals surface area contributed by atoms with Gasteiger partial charge in [-0.1, -0.05) is 24.1 Å². The van der Waals surface area contributed by atoms with Crippen molar-refractivity contribution in [1.29, 1.82) is 0 Å². The van der Waals surface area contributed by atoms with E-state index in [0.717, 1.165) is 18.4 Å². The minimum atomic E-state index is -0.511. The summed E-state index contributed by atoms with van der Waals surface area (Å²) in [4.78, 5) is 39.7. The quantitative estimate of drug-likeness (QED) is 0.754. The first kappa shape index (κ1) is 17.4. The first-order valence-corrected chi connectivity index (χ1v) is 10.1. The van der Waals surface area contributed by atoms with E-state index in [1.807, 2.05) is 36.1 Å². The van der Waals surface area contributed by atoms with E-state index in [9.17, 15) is 14.4 Å². The van der Waals surface area contributed by atoms with Crippen molar-refractivity contribution in [3.05, 3.63) is 61.9 Å². The Labute approximate surface area is 162 Å². The number of fused-ring (bicyclic) bond motifs is 3. The van der Waals surface area contributed by atoms with Gasteiger partial charge in [0.15, 0.2) is 0 Å². The summed E-state index contributed by atoms with van der Waals surface area (Å²) >= 11 is 0. The van der Waals surface area contributed by atoms with Crippen LogP contribution in [0.5, 0.6) is 0 Å². The van der Waals surface area contributed by atoms with Gasteiger partial charge >= 0.3 is 11.1 Å². The normalized spacial score (nSPS) is 23.4. The smallest absolute Gasteiger partial charge is 0.332 e. The van der Waals surface area contributed by atoms with Crippen molar-refractivity contribution in [3.63, 3.8) is 0 Å². The van der Waals surface area contributed by atoms with Crippen LogP contribution in [-0.2, 0) is 13.1 Å². The number of amides is 1. The highest BCUT2D eigenvalue weighted by molar-refractivity contribution is 5.94. The van der Waals surface area contributed by atoms with Crippen LogP contribution in [0.4, 0.5) is 0 Å².